The molecule has 3 aromatic rings. The maximum absolute atomic E-state index is 13.5. The van der Waals surface area contributed by atoms with Gasteiger partial charge in [0.15, 0.2) is 0 Å². The van der Waals surface area contributed by atoms with Crippen LogP contribution in [0.1, 0.15) is 54.6 Å². The van der Waals surface area contributed by atoms with Crippen molar-refractivity contribution in [2.75, 3.05) is 12.0 Å². The molecular weight excluding hydrogens is 438 g/mol. The summed E-state index contributed by atoms with van der Waals surface area (Å²) in [6, 6.07) is 19.8. The first-order chi connectivity index (χ1) is 16.5. The molecule has 0 spiro atoms. The summed E-state index contributed by atoms with van der Waals surface area (Å²) in [5, 5.41) is 11.6. The molecule has 5 heteroatoms. The van der Waals surface area contributed by atoms with Gasteiger partial charge >= 0.3 is 0 Å². The molecule has 3 aromatic carbocycles. The molecular formula is C30H31NO4. The molecule has 35 heavy (non-hydrogen) atoms. The molecule has 0 aliphatic carbocycles. The number of ketones is 1. The maximum Gasteiger partial charge on any atom is 0.300 e. The fourth-order valence-corrected chi connectivity index (χ4v) is 4.49. The van der Waals surface area contributed by atoms with Crippen LogP contribution in [-0.2, 0) is 15.0 Å². The van der Waals surface area contributed by atoms with Crippen molar-refractivity contribution in [2.45, 2.75) is 46.1 Å². The van der Waals surface area contributed by atoms with Gasteiger partial charge in [0.25, 0.3) is 11.7 Å². The molecule has 1 amide bonds. The number of carbonyl (C=O) groups is 2. The predicted octanol–water partition coefficient (Wildman–Crippen LogP) is 6.24. The van der Waals surface area contributed by atoms with E-state index in [0.717, 1.165) is 22.3 Å². The number of aliphatic hydroxyl groups is 1. The molecule has 1 aliphatic rings. The molecule has 0 saturated carbocycles. The number of aryl methyl sites for hydroxylation is 2. The van der Waals surface area contributed by atoms with E-state index >= 15 is 0 Å². The zero-order valence-corrected chi connectivity index (χ0v) is 21.0. The third-order valence-corrected chi connectivity index (χ3v) is 6.51. The van der Waals surface area contributed by atoms with E-state index in [1.807, 2.05) is 56.3 Å². The first kappa shape index (κ1) is 24.3. The lowest BCUT2D eigenvalue weighted by Crippen LogP contribution is -2.29. The van der Waals surface area contributed by atoms with E-state index < -0.39 is 17.7 Å². The van der Waals surface area contributed by atoms with Gasteiger partial charge in [0, 0.05) is 11.3 Å². The fraction of sp³-hybridized carbons (Fsp3) is 0.267. The SMILES string of the molecule is COc1ccc(N2C(=O)C(=O)/C(=C(/O)c3cc(C(C)(C)C)ccc3C)C2c2cccc(C)c2)cc1. The number of carbonyl (C=O) groups excluding carboxylic acids is 2. The van der Waals surface area contributed by atoms with E-state index in [4.69, 9.17) is 4.74 Å². The van der Waals surface area contributed by atoms with Crippen molar-refractivity contribution in [3.63, 3.8) is 0 Å². The third kappa shape index (κ3) is 4.46. The van der Waals surface area contributed by atoms with Crippen molar-refractivity contribution >= 4 is 23.1 Å². The van der Waals surface area contributed by atoms with Gasteiger partial charge in [0.2, 0.25) is 0 Å². The quantitative estimate of drug-likeness (QED) is 0.279. The number of nitrogens with zero attached hydrogens (tertiary/aromatic N) is 1. The number of methoxy groups -OCH3 is 1. The van der Waals surface area contributed by atoms with Crippen molar-refractivity contribution < 1.29 is 19.4 Å². The lowest BCUT2D eigenvalue weighted by Gasteiger charge is -2.26. The molecule has 4 rings (SSSR count). The Bertz CT molecular complexity index is 1330. The molecule has 180 valence electrons. The van der Waals surface area contributed by atoms with Gasteiger partial charge in [-0.2, -0.15) is 0 Å². The largest absolute Gasteiger partial charge is 0.507 e. The average Bonchev–Trinajstić information content (AvgIpc) is 3.08. The van der Waals surface area contributed by atoms with E-state index in [9.17, 15) is 14.7 Å². The minimum Gasteiger partial charge on any atom is -0.507 e. The number of amides is 1. The summed E-state index contributed by atoms with van der Waals surface area (Å²) in [6.07, 6.45) is 0. The Kier molecular flexibility index (Phi) is 6.28. The van der Waals surface area contributed by atoms with Crippen LogP contribution in [0.2, 0.25) is 0 Å². The van der Waals surface area contributed by atoms with Gasteiger partial charge in [-0.3, -0.25) is 14.5 Å². The van der Waals surface area contributed by atoms with E-state index in [-0.39, 0.29) is 16.7 Å². The van der Waals surface area contributed by atoms with Gasteiger partial charge in [-0.15, -0.1) is 0 Å². The van der Waals surface area contributed by atoms with Crippen molar-refractivity contribution in [1.82, 2.24) is 0 Å². The fourth-order valence-electron chi connectivity index (χ4n) is 4.49. The molecule has 1 heterocycles. The number of anilines is 1. The second-order valence-corrected chi connectivity index (χ2v) is 10.1. The number of hydrogen-bond acceptors (Lipinski definition) is 4. The van der Waals surface area contributed by atoms with Crippen molar-refractivity contribution in [3.8, 4) is 5.75 Å². The van der Waals surface area contributed by atoms with Gasteiger partial charge in [-0.25, -0.2) is 0 Å². The third-order valence-electron chi connectivity index (χ3n) is 6.51. The number of rotatable bonds is 4. The second-order valence-electron chi connectivity index (χ2n) is 10.1. The molecule has 5 nitrogen and oxygen atoms in total. The standard InChI is InChI=1S/C30H31NO4/c1-18-8-7-9-20(16-18)26-25(27(32)24-17-21(30(3,4)5)11-10-19(24)2)28(33)29(34)31(26)22-12-14-23(35-6)15-13-22/h7-17,26,32H,1-6H3/b27-25+. The van der Waals surface area contributed by atoms with E-state index in [1.54, 1.807) is 31.4 Å². The van der Waals surface area contributed by atoms with Gasteiger partial charge in [-0.1, -0.05) is 62.7 Å². The highest BCUT2D eigenvalue weighted by atomic mass is 16.5. The van der Waals surface area contributed by atoms with Crippen LogP contribution in [0.5, 0.6) is 5.75 Å². The topological polar surface area (TPSA) is 66.8 Å². The molecule has 1 aliphatic heterocycles. The lowest BCUT2D eigenvalue weighted by atomic mass is 9.84. The summed E-state index contributed by atoms with van der Waals surface area (Å²) in [6.45, 7) is 10.1. The van der Waals surface area contributed by atoms with Gasteiger partial charge in [-0.05, 0) is 66.3 Å². The maximum atomic E-state index is 13.5. The van der Waals surface area contributed by atoms with E-state index in [2.05, 4.69) is 20.8 Å². The first-order valence-corrected chi connectivity index (χ1v) is 11.7. The van der Waals surface area contributed by atoms with E-state index in [0.29, 0.717) is 17.0 Å². The Labute approximate surface area is 206 Å². The van der Waals surface area contributed by atoms with Crippen LogP contribution in [0, 0.1) is 13.8 Å². The number of aliphatic hydroxyl groups excluding tert-OH is 1. The highest BCUT2D eigenvalue weighted by Crippen LogP contribution is 2.43. The summed E-state index contributed by atoms with van der Waals surface area (Å²) in [4.78, 5) is 28.3. The van der Waals surface area contributed by atoms with Gasteiger partial charge in [0.05, 0.1) is 18.7 Å². The Morgan fingerprint density at radius 1 is 0.943 bits per heavy atom. The van der Waals surface area contributed by atoms with Crippen molar-refractivity contribution in [3.05, 3.63) is 100 Å². The predicted molar refractivity (Wildman–Crippen MR) is 139 cm³/mol. The smallest absolute Gasteiger partial charge is 0.300 e. The molecule has 1 N–H and O–H groups in total. The van der Waals surface area contributed by atoms with Crippen molar-refractivity contribution in [2.24, 2.45) is 0 Å². The molecule has 0 bridgehead atoms. The minimum atomic E-state index is -0.763. The van der Waals surface area contributed by atoms with Crippen LogP contribution in [0.15, 0.2) is 72.3 Å². The minimum absolute atomic E-state index is 0.0885. The molecule has 1 atom stereocenters. The summed E-state index contributed by atoms with van der Waals surface area (Å²) < 4.78 is 5.26. The Morgan fingerprint density at radius 3 is 2.23 bits per heavy atom. The summed E-state index contributed by atoms with van der Waals surface area (Å²) >= 11 is 0. The van der Waals surface area contributed by atoms with Crippen LogP contribution < -0.4 is 9.64 Å². The Morgan fingerprint density at radius 2 is 1.63 bits per heavy atom. The first-order valence-electron chi connectivity index (χ1n) is 11.7. The van der Waals surface area contributed by atoms with Crippen LogP contribution in [0.25, 0.3) is 5.76 Å². The lowest BCUT2D eigenvalue weighted by molar-refractivity contribution is -0.132. The van der Waals surface area contributed by atoms with Crippen molar-refractivity contribution in [1.29, 1.82) is 0 Å². The zero-order valence-electron chi connectivity index (χ0n) is 21.0. The highest BCUT2D eigenvalue weighted by Gasteiger charge is 2.47. The van der Waals surface area contributed by atoms with Crippen LogP contribution in [-0.4, -0.2) is 23.9 Å². The molecule has 1 saturated heterocycles. The van der Waals surface area contributed by atoms with Crippen LogP contribution in [0.4, 0.5) is 5.69 Å². The van der Waals surface area contributed by atoms with Crippen LogP contribution >= 0.6 is 0 Å². The second kappa shape index (κ2) is 9.06. The normalized spacial score (nSPS) is 17.7. The monoisotopic (exact) mass is 469 g/mol. The average molecular weight is 470 g/mol. The number of benzene rings is 3. The molecule has 1 unspecified atom stereocenters. The summed E-state index contributed by atoms with van der Waals surface area (Å²) in [5.41, 5.74) is 4.66. The van der Waals surface area contributed by atoms with E-state index in [1.165, 1.54) is 4.90 Å². The Hall–Kier alpha value is -3.86. The molecule has 0 radical (unpaired) electrons. The summed E-state index contributed by atoms with van der Waals surface area (Å²) in [7, 11) is 1.57. The van der Waals surface area contributed by atoms with Gasteiger partial charge in [0.1, 0.15) is 11.5 Å². The molecule has 0 aromatic heterocycles. The Balaban J connectivity index is 1.97. The number of hydrogen-bond donors (Lipinski definition) is 1. The highest BCUT2D eigenvalue weighted by molar-refractivity contribution is 6.51. The van der Waals surface area contributed by atoms with Gasteiger partial charge < -0.3 is 9.84 Å². The number of Topliss-reactive ketones (excluding diaryl/α,β-unsaturated/α-hetero) is 1. The zero-order chi connectivity index (χ0) is 25.5. The number of ether oxygens (including phenoxy) is 1. The van der Waals surface area contributed by atoms with Crippen LogP contribution in [0.3, 0.4) is 0 Å². The molecule has 1 fully saturated rings. The summed E-state index contributed by atoms with van der Waals surface area (Å²) in [5.74, 6) is -0.889.